The summed E-state index contributed by atoms with van der Waals surface area (Å²) in [6, 6.07) is 0. The molecule has 1 saturated heterocycles. The van der Waals surface area contributed by atoms with Gasteiger partial charge in [0.25, 0.3) is 0 Å². The van der Waals surface area contributed by atoms with E-state index in [0.717, 1.165) is 0 Å². The van der Waals surface area contributed by atoms with E-state index < -0.39 is 6.10 Å². The zero-order valence-corrected chi connectivity index (χ0v) is 6.20. The van der Waals surface area contributed by atoms with Crippen LogP contribution in [-0.4, -0.2) is 29.7 Å². The second-order valence-corrected chi connectivity index (χ2v) is 2.75. The normalized spacial score (nSPS) is 29.3. The first-order valence-electron chi connectivity index (χ1n) is 3.46. The minimum atomic E-state index is -0.559. The highest BCUT2D eigenvalue weighted by Gasteiger charge is 2.35. The quantitative estimate of drug-likeness (QED) is 0.566. The lowest BCUT2D eigenvalue weighted by Gasteiger charge is -2.10. The second kappa shape index (κ2) is 2.68. The highest BCUT2D eigenvalue weighted by Crippen LogP contribution is 2.17. The SMILES string of the molecule is CC(O)C(C)C(=O)C1CO1. The highest BCUT2D eigenvalue weighted by atomic mass is 16.6. The van der Waals surface area contributed by atoms with Crippen LogP contribution >= 0.6 is 0 Å². The zero-order chi connectivity index (χ0) is 7.72. The van der Waals surface area contributed by atoms with Crippen LogP contribution in [-0.2, 0) is 9.53 Å². The molecule has 3 atom stereocenters. The number of Topliss-reactive ketones (excluding diaryl/α,β-unsaturated/α-hetero) is 1. The van der Waals surface area contributed by atoms with Crippen LogP contribution < -0.4 is 0 Å². The highest BCUT2D eigenvalue weighted by molar-refractivity contribution is 5.87. The number of epoxide rings is 1. The average Bonchev–Trinajstić information content (AvgIpc) is 2.65. The Bertz CT molecular complexity index is 138. The van der Waals surface area contributed by atoms with Crippen molar-refractivity contribution in [3.05, 3.63) is 0 Å². The molecule has 3 unspecified atom stereocenters. The second-order valence-electron chi connectivity index (χ2n) is 2.75. The van der Waals surface area contributed by atoms with Crippen LogP contribution in [0.1, 0.15) is 13.8 Å². The minimum Gasteiger partial charge on any atom is -0.393 e. The minimum absolute atomic E-state index is 0.0231. The van der Waals surface area contributed by atoms with Crippen LogP contribution in [0.3, 0.4) is 0 Å². The Morgan fingerprint density at radius 3 is 2.50 bits per heavy atom. The van der Waals surface area contributed by atoms with Gasteiger partial charge in [-0.15, -0.1) is 0 Å². The van der Waals surface area contributed by atoms with Gasteiger partial charge in [-0.25, -0.2) is 0 Å². The summed E-state index contributed by atoms with van der Waals surface area (Å²) < 4.78 is 4.78. The summed E-state index contributed by atoms with van der Waals surface area (Å²) >= 11 is 0. The standard InChI is InChI=1S/C7H12O3/c1-4(5(2)8)7(9)6-3-10-6/h4-6,8H,3H2,1-2H3. The largest absolute Gasteiger partial charge is 0.393 e. The molecule has 1 heterocycles. The number of ketones is 1. The van der Waals surface area contributed by atoms with Crippen LogP contribution in [0.15, 0.2) is 0 Å². The number of rotatable bonds is 3. The van der Waals surface area contributed by atoms with Crippen molar-refractivity contribution in [3.8, 4) is 0 Å². The monoisotopic (exact) mass is 144 g/mol. The molecule has 0 bridgehead atoms. The first-order valence-corrected chi connectivity index (χ1v) is 3.46. The van der Waals surface area contributed by atoms with Gasteiger partial charge in [0.15, 0.2) is 5.78 Å². The fourth-order valence-corrected chi connectivity index (χ4v) is 0.743. The topological polar surface area (TPSA) is 49.8 Å². The van der Waals surface area contributed by atoms with Gasteiger partial charge < -0.3 is 9.84 Å². The number of hydrogen-bond donors (Lipinski definition) is 1. The fraction of sp³-hybridized carbons (Fsp3) is 0.857. The van der Waals surface area contributed by atoms with Gasteiger partial charge in [0.05, 0.1) is 12.7 Å². The molecular weight excluding hydrogens is 132 g/mol. The molecule has 3 nitrogen and oxygen atoms in total. The number of aliphatic hydroxyl groups is 1. The molecule has 1 aliphatic heterocycles. The third kappa shape index (κ3) is 1.55. The van der Waals surface area contributed by atoms with E-state index in [1.165, 1.54) is 0 Å². The average molecular weight is 144 g/mol. The van der Waals surface area contributed by atoms with Crippen molar-refractivity contribution in [1.82, 2.24) is 0 Å². The smallest absolute Gasteiger partial charge is 0.169 e. The molecule has 0 saturated carbocycles. The lowest BCUT2D eigenvalue weighted by Crippen LogP contribution is -2.26. The van der Waals surface area contributed by atoms with Crippen molar-refractivity contribution in [2.24, 2.45) is 5.92 Å². The fourth-order valence-electron chi connectivity index (χ4n) is 0.743. The van der Waals surface area contributed by atoms with E-state index in [-0.39, 0.29) is 17.8 Å². The Hall–Kier alpha value is -0.410. The number of ether oxygens (including phenoxy) is 1. The molecule has 1 N–H and O–H groups in total. The van der Waals surface area contributed by atoms with Crippen molar-refractivity contribution in [3.63, 3.8) is 0 Å². The molecule has 1 aliphatic rings. The molecular formula is C7H12O3. The number of carbonyl (C=O) groups excluding carboxylic acids is 1. The van der Waals surface area contributed by atoms with Crippen LogP contribution in [0, 0.1) is 5.92 Å². The van der Waals surface area contributed by atoms with Gasteiger partial charge in [0, 0.05) is 5.92 Å². The van der Waals surface area contributed by atoms with Gasteiger partial charge in [-0.3, -0.25) is 4.79 Å². The Morgan fingerprint density at radius 1 is 1.70 bits per heavy atom. The Kier molecular flexibility index (Phi) is 2.06. The van der Waals surface area contributed by atoms with E-state index >= 15 is 0 Å². The van der Waals surface area contributed by atoms with Crippen LogP contribution in [0.4, 0.5) is 0 Å². The maximum Gasteiger partial charge on any atom is 0.169 e. The maximum absolute atomic E-state index is 11.1. The molecule has 1 fully saturated rings. The van der Waals surface area contributed by atoms with Crippen molar-refractivity contribution in [2.45, 2.75) is 26.1 Å². The number of aliphatic hydroxyl groups excluding tert-OH is 1. The van der Waals surface area contributed by atoms with E-state index in [4.69, 9.17) is 9.84 Å². The molecule has 0 aromatic heterocycles. The lowest BCUT2D eigenvalue weighted by molar-refractivity contribution is -0.126. The van der Waals surface area contributed by atoms with Crippen molar-refractivity contribution in [2.75, 3.05) is 6.61 Å². The van der Waals surface area contributed by atoms with E-state index in [9.17, 15) is 4.79 Å². The molecule has 0 aromatic rings. The molecule has 58 valence electrons. The third-order valence-electron chi connectivity index (χ3n) is 1.82. The summed E-state index contributed by atoms with van der Waals surface area (Å²) in [5.41, 5.74) is 0. The summed E-state index contributed by atoms with van der Waals surface area (Å²) in [7, 11) is 0. The van der Waals surface area contributed by atoms with E-state index in [0.29, 0.717) is 6.61 Å². The molecule has 10 heavy (non-hydrogen) atoms. The first kappa shape index (κ1) is 7.69. The Balaban J connectivity index is 2.38. The van der Waals surface area contributed by atoms with Crippen LogP contribution in [0.2, 0.25) is 0 Å². The van der Waals surface area contributed by atoms with Gasteiger partial charge in [-0.1, -0.05) is 6.92 Å². The molecule has 0 spiro atoms. The molecule has 0 amide bonds. The number of carbonyl (C=O) groups is 1. The summed E-state index contributed by atoms with van der Waals surface area (Å²) in [6.45, 7) is 3.87. The summed E-state index contributed by atoms with van der Waals surface area (Å²) in [4.78, 5) is 11.1. The Labute approximate surface area is 60.0 Å². The van der Waals surface area contributed by atoms with Crippen molar-refractivity contribution in [1.29, 1.82) is 0 Å². The summed E-state index contributed by atoms with van der Waals surface area (Å²) in [6.07, 6.45) is -0.777. The molecule has 0 aliphatic carbocycles. The van der Waals surface area contributed by atoms with E-state index in [1.807, 2.05) is 0 Å². The summed E-state index contributed by atoms with van der Waals surface area (Å²) in [5.74, 6) is -0.262. The van der Waals surface area contributed by atoms with Gasteiger partial charge in [0.2, 0.25) is 0 Å². The van der Waals surface area contributed by atoms with Crippen molar-refractivity contribution < 1.29 is 14.6 Å². The molecule has 3 heteroatoms. The molecule has 0 radical (unpaired) electrons. The predicted molar refractivity (Wildman–Crippen MR) is 35.6 cm³/mol. The third-order valence-corrected chi connectivity index (χ3v) is 1.82. The van der Waals surface area contributed by atoms with Gasteiger partial charge >= 0.3 is 0 Å². The van der Waals surface area contributed by atoms with Crippen molar-refractivity contribution >= 4 is 5.78 Å². The van der Waals surface area contributed by atoms with Gasteiger partial charge in [-0.2, -0.15) is 0 Å². The molecule has 1 rings (SSSR count). The lowest BCUT2D eigenvalue weighted by atomic mass is 9.99. The van der Waals surface area contributed by atoms with Gasteiger partial charge in [0.1, 0.15) is 6.10 Å². The van der Waals surface area contributed by atoms with Crippen LogP contribution in [0.5, 0.6) is 0 Å². The zero-order valence-electron chi connectivity index (χ0n) is 6.20. The van der Waals surface area contributed by atoms with E-state index in [1.54, 1.807) is 13.8 Å². The predicted octanol–water partition coefficient (Wildman–Crippen LogP) is -0.0288. The maximum atomic E-state index is 11.1. The van der Waals surface area contributed by atoms with E-state index in [2.05, 4.69) is 0 Å². The van der Waals surface area contributed by atoms with Gasteiger partial charge in [-0.05, 0) is 6.92 Å². The first-order chi connectivity index (χ1) is 4.63. The number of hydrogen-bond acceptors (Lipinski definition) is 3. The Morgan fingerprint density at radius 2 is 2.20 bits per heavy atom. The molecule has 0 aromatic carbocycles. The summed E-state index contributed by atoms with van der Waals surface area (Å²) in [5, 5.41) is 8.99. The van der Waals surface area contributed by atoms with Crippen LogP contribution in [0.25, 0.3) is 0 Å².